The molecule has 2 aliphatic rings. The maximum Gasteiger partial charge on any atom is 0.186 e. The molecule has 1 aliphatic carbocycles. The van der Waals surface area contributed by atoms with E-state index in [1.54, 1.807) is 13.3 Å². The average molecular weight is 245 g/mol. The van der Waals surface area contributed by atoms with Gasteiger partial charge in [0.15, 0.2) is 11.8 Å². The molecule has 3 nitrogen and oxygen atoms in total. The largest absolute Gasteiger partial charge is 0.623 e. The highest BCUT2D eigenvalue weighted by Crippen LogP contribution is 2.38. The maximum atomic E-state index is 12.4. The Morgan fingerprint density at radius 1 is 1.22 bits per heavy atom. The van der Waals surface area contributed by atoms with Crippen molar-refractivity contribution in [3.05, 3.63) is 34.5 Å². The lowest BCUT2D eigenvalue weighted by atomic mass is 9.75. The van der Waals surface area contributed by atoms with Crippen LogP contribution >= 0.6 is 0 Å². The number of hydroxylamine groups is 1. The third-order valence-corrected chi connectivity index (χ3v) is 4.39. The summed E-state index contributed by atoms with van der Waals surface area (Å²) in [5.41, 5.74) is 2.03. The minimum atomic E-state index is -0.183. The number of hydrogen-bond donors (Lipinski definition) is 0. The zero-order valence-corrected chi connectivity index (χ0v) is 10.8. The number of methoxy groups -OCH3 is 1. The van der Waals surface area contributed by atoms with Gasteiger partial charge in [-0.25, -0.2) is 4.74 Å². The SMILES string of the molecule is COc1cccc2c1C=[N+]([O-])C1(CCCCC1)C2. The molecule has 0 amide bonds. The van der Waals surface area contributed by atoms with E-state index in [2.05, 4.69) is 6.07 Å². The van der Waals surface area contributed by atoms with E-state index in [1.807, 2.05) is 12.1 Å². The summed E-state index contributed by atoms with van der Waals surface area (Å²) in [5.74, 6) is 0.805. The van der Waals surface area contributed by atoms with Crippen molar-refractivity contribution in [1.29, 1.82) is 0 Å². The second-order valence-corrected chi connectivity index (χ2v) is 5.45. The Morgan fingerprint density at radius 3 is 2.72 bits per heavy atom. The van der Waals surface area contributed by atoms with Crippen LogP contribution in [0.2, 0.25) is 0 Å². The molecule has 0 atom stereocenters. The van der Waals surface area contributed by atoms with E-state index in [1.165, 1.54) is 29.6 Å². The molecule has 0 unspecified atom stereocenters. The van der Waals surface area contributed by atoms with Crippen LogP contribution in [0.1, 0.15) is 43.2 Å². The molecule has 0 aromatic heterocycles. The van der Waals surface area contributed by atoms with Crippen LogP contribution in [0.3, 0.4) is 0 Å². The van der Waals surface area contributed by atoms with E-state index < -0.39 is 0 Å². The van der Waals surface area contributed by atoms with Crippen molar-refractivity contribution in [2.75, 3.05) is 7.11 Å². The second-order valence-electron chi connectivity index (χ2n) is 5.45. The summed E-state index contributed by atoms with van der Waals surface area (Å²) in [6.45, 7) is 0. The highest BCUT2D eigenvalue weighted by molar-refractivity contribution is 5.83. The molecule has 96 valence electrons. The Bertz CT molecular complexity index is 487. The van der Waals surface area contributed by atoms with Crippen molar-refractivity contribution in [2.24, 2.45) is 0 Å². The van der Waals surface area contributed by atoms with Gasteiger partial charge in [0.1, 0.15) is 5.75 Å². The van der Waals surface area contributed by atoms with Crippen LogP contribution in [-0.2, 0) is 6.42 Å². The normalized spacial score (nSPS) is 21.3. The van der Waals surface area contributed by atoms with E-state index in [9.17, 15) is 5.21 Å². The molecule has 0 radical (unpaired) electrons. The van der Waals surface area contributed by atoms with Gasteiger partial charge >= 0.3 is 0 Å². The summed E-state index contributed by atoms with van der Waals surface area (Å²) >= 11 is 0. The topological polar surface area (TPSA) is 35.3 Å². The second kappa shape index (κ2) is 4.30. The first-order valence-corrected chi connectivity index (χ1v) is 6.72. The summed E-state index contributed by atoms with van der Waals surface area (Å²) in [4.78, 5) is 0. The molecule has 1 aromatic rings. The van der Waals surface area contributed by atoms with Gasteiger partial charge < -0.3 is 9.94 Å². The molecule has 18 heavy (non-hydrogen) atoms. The fraction of sp³-hybridized carbons (Fsp3) is 0.533. The Labute approximate surface area is 108 Å². The highest BCUT2D eigenvalue weighted by atomic mass is 16.5. The number of nitrogens with zero attached hydrogens (tertiary/aromatic N) is 1. The molecule has 1 aliphatic heterocycles. The van der Waals surface area contributed by atoms with Crippen LogP contribution in [0.4, 0.5) is 0 Å². The molecule has 3 rings (SSSR count). The third kappa shape index (κ3) is 1.69. The predicted molar refractivity (Wildman–Crippen MR) is 71.3 cm³/mol. The van der Waals surface area contributed by atoms with E-state index in [0.717, 1.165) is 30.6 Å². The molecule has 0 saturated heterocycles. The molecule has 1 aromatic carbocycles. The fourth-order valence-corrected chi connectivity index (χ4v) is 3.36. The summed E-state index contributed by atoms with van der Waals surface area (Å²) in [6.07, 6.45) is 8.24. The lowest BCUT2D eigenvalue weighted by Gasteiger charge is -2.38. The Hall–Kier alpha value is -1.51. The molecule has 0 N–H and O–H groups in total. The lowest BCUT2D eigenvalue weighted by Crippen LogP contribution is -2.46. The molecule has 1 fully saturated rings. The predicted octanol–water partition coefficient (Wildman–Crippen LogP) is 2.88. The standard InChI is InChI=1S/C15H19NO2/c1-18-14-7-5-6-12-10-15(8-3-2-4-9-15)16(17)11-13(12)14/h5-7,11H,2-4,8-10H2,1H3. The highest BCUT2D eigenvalue weighted by Gasteiger charge is 2.43. The van der Waals surface area contributed by atoms with Gasteiger partial charge in [0.2, 0.25) is 0 Å². The zero-order valence-electron chi connectivity index (χ0n) is 10.8. The first kappa shape index (κ1) is 11.6. The van der Waals surface area contributed by atoms with Crippen molar-refractivity contribution < 1.29 is 9.48 Å². The van der Waals surface area contributed by atoms with Gasteiger partial charge in [0, 0.05) is 19.3 Å². The summed E-state index contributed by atoms with van der Waals surface area (Å²) in [6, 6.07) is 6.06. The minimum Gasteiger partial charge on any atom is -0.623 e. The fourth-order valence-electron chi connectivity index (χ4n) is 3.36. The maximum absolute atomic E-state index is 12.4. The van der Waals surface area contributed by atoms with E-state index in [4.69, 9.17) is 4.74 Å². The Kier molecular flexibility index (Phi) is 2.77. The third-order valence-electron chi connectivity index (χ3n) is 4.39. The molecule has 3 heteroatoms. The van der Waals surface area contributed by atoms with Crippen molar-refractivity contribution in [3.63, 3.8) is 0 Å². The first-order valence-electron chi connectivity index (χ1n) is 6.72. The van der Waals surface area contributed by atoms with Crippen molar-refractivity contribution in [1.82, 2.24) is 0 Å². The minimum absolute atomic E-state index is 0.183. The molecular weight excluding hydrogens is 226 g/mol. The van der Waals surface area contributed by atoms with Gasteiger partial charge in [-0.15, -0.1) is 0 Å². The zero-order chi connectivity index (χ0) is 12.6. The summed E-state index contributed by atoms with van der Waals surface area (Å²) in [5, 5.41) is 12.4. The van der Waals surface area contributed by atoms with Gasteiger partial charge in [-0.2, -0.15) is 0 Å². The summed E-state index contributed by atoms with van der Waals surface area (Å²) < 4.78 is 6.55. The van der Waals surface area contributed by atoms with Gasteiger partial charge in [-0.1, -0.05) is 18.6 Å². The van der Waals surface area contributed by atoms with E-state index >= 15 is 0 Å². The Morgan fingerprint density at radius 2 is 2.00 bits per heavy atom. The molecule has 0 bridgehead atoms. The van der Waals surface area contributed by atoms with Crippen molar-refractivity contribution in [2.45, 2.75) is 44.1 Å². The monoisotopic (exact) mass is 245 g/mol. The number of fused-ring (bicyclic) bond motifs is 1. The van der Waals surface area contributed by atoms with Crippen LogP contribution < -0.4 is 4.74 Å². The van der Waals surface area contributed by atoms with Crippen LogP contribution in [-0.4, -0.2) is 23.6 Å². The molecule has 1 saturated carbocycles. The van der Waals surface area contributed by atoms with Gasteiger partial charge in [0.25, 0.3) is 0 Å². The first-order chi connectivity index (χ1) is 8.75. The van der Waals surface area contributed by atoms with Crippen molar-refractivity contribution >= 4 is 6.21 Å². The molecule has 1 heterocycles. The number of rotatable bonds is 1. The van der Waals surface area contributed by atoms with Crippen LogP contribution in [0.15, 0.2) is 18.2 Å². The van der Waals surface area contributed by atoms with Crippen LogP contribution in [0.25, 0.3) is 0 Å². The van der Waals surface area contributed by atoms with Gasteiger partial charge in [0.05, 0.1) is 12.7 Å². The quantitative estimate of drug-likeness (QED) is 0.563. The van der Waals surface area contributed by atoms with Gasteiger partial charge in [-0.05, 0) is 24.5 Å². The van der Waals surface area contributed by atoms with E-state index in [-0.39, 0.29) is 5.54 Å². The van der Waals surface area contributed by atoms with Crippen LogP contribution in [0.5, 0.6) is 5.75 Å². The van der Waals surface area contributed by atoms with Gasteiger partial charge in [-0.3, -0.25) is 0 Å². The Balaban J connectivity index is 2.04. The molecular formula is C15H19NO2. The number of ether oxygens (including phenoxy) is 1. The molecule has 1 spiro atoms. The van der Waals surface area contributed by atoms with Crippen molar-refractivity contribution in [3.8, 4) is 5.75 Å². The lowest BCUT2D eigenvalue weighted by molar-refractivity contribution is -0.553. The van der Waals surface area contributed by atoms with Crippen LogP contribution in [0, 0.1) is 5.21 Å². The number of hydrogen-bond acceptors (Lipinski definition) is 2. The van der Waals surface area contributed by atoms with E-state index in [0.29, 0.717) is 0 Å². The number of benzene rings is 1. The summed E-state index contributed by atoms with van der Waals surface area (Å²) in [7, 11) is 1.66. The average Bonchev–Trinajstić information content (AvgIpc) is 2.41. The smallest absolute Gasteiger partial charge is 0.186 e.